The molecule has 0 spiro atoms. The zero-order chi connectivity index (χ0) is 17.7. The Labute approximate surface area is 146 Å². The smallest absolute Gasteiger partial charge is 0.319 e. The van der Waals surface area contributed by atoms with E-state index in [9.17, 15) is 9.90 Å². The predicted molar refractivity (Wildman–Crippen MR) is 102 cm³/mol. The van der Waals surface area contributed by atoms with Gasteiger partial charge in [0.25, 0.3) is 0 Å². The number of rotatable bonds is 6. The second kappa shape index (κ2) is 7.45. The molecule has 0 saturated heterocycles. The highest BCUT2D eigenvalue weighted by Crippen LogP contribution is 2.42. The second-order valence-corrected chi connectivity index (χ2v) is 7.36. The molecule has 124 valence electrons. The molecule has 0 aliphatic heterocycles. The average molecular weight is 340 g/mol. The molecule has 0 amide bonds. The topological polar surface area (TPSA) is 62.5 Å². The molecule has 1 heterocycles. The van der Waals surface area contributed by atoms with Gasteiger partial charge in [0, 0.05) is 22.9 Å². The van der Waals surface area contributed by atoms with Crippen molar-refractivity contribution in [2.45, 2.75) is 25.5 Å². The fraction of sp³-hybridized carbons (Fsp3) is 0.211. The van der Waals surface area contributed by atoms with Gasteiger partial charge in [-0.2, -0.15) is 0 Å². The molecule has 5 heteroatoms. The number of aliphatic carboxylic acids is 1. The van der Waals surface area contributed by atoms with Gasteiger partial charge in [0.2, 0.25) is 0 Å². The zero-order valence-corrected chi connectivity index (χ0v) is 14.8. The minimum absolute atomic E-state index is 0.731. The molecule has 0 aliphatic rings. The lowest BCUT2D eigenvalue weighted by atomic mass is 10.0. The number of aliphatic imine (C=N–C) groups is 1. The van der Waals surface area contributed by atoms with Crippen LogP contribution in [0.2, 0.25) is 0 Å². The molecule has 1 aromatic heterocycles. The largest absolute Gasteiger partial charge is 0.480 e. The highest BCUT2D eigenvalue weighted by atomic mass is 32.2. The Bertz CT molecular complexity index is 783. The first kappa shape index (κ1) is 17.9. The van der Waals surface area contributed by atoms with Gasteiger partial charge in [-0.25, -0.2) is 0 Å². The summed E-state index contributed by atoms with van der Waals surface area (Å²) in [6, 6.07) is 9.76. The predicted octanol–water partition coefficient (Wildman–Crippen LogP) is 5.04. The van der Waals surface area contributed by atoms with Crippen LogP contribution < -0.4 is 0 Å². The van der Waals surface area contributed by atoms with Crippen LogP contribution in [0, 0.1) is 0 Å². The van der Waals surface area contributed by atoms with E-state index < -0.39 is 10.7 Å². The van der Waals surface area contributed by atoms with Crippen LogP contribution in [-0.4, -0.2) is 27.5 Å². The van der Waals surface area contributed by atoms with E-state index >= 15 is 0 Å². The molecule has 24 heavy (non-hydrogen) atoms. The molecule has 2 aromatic rings. The molecule has 1 aromatic carbocycles. The van der Waals surface area contributed by atoms with Gasteiger partial charge < -0.3 is 5.11 Å². The van der Waals surface area contributed by atoms with Gasteiger partial charge in [-0.3, -0.25) is 14.8 Å². The Kier molecular flexibility index (Phi) is 5.57. The maximum atomic E-state index is 11.5. The summed E-state index contributed by atoms with van der Waals surface area (Å²) in [5.74, 6) is -0.856. The molecular weight excluding hydrogens is 320 g/mol. The third-order valence-corrected chi connectivity index (χ3v) is 4.95. The Morgan fingerprint density at radius 3 is 2.46 bits per heavy atom. The Hall–Kier alpha value is -2.40. The third-order valence-electron chi connectivity index (χ3n) is 3.59. The average Bonchev–Trinajstić information content (AvgIpc) is 2.59. The minimum atomic E-state index is -0.938. The molecule has 0 atom stereocenters. The summed E-state index contributed by atoms with van der Waals surface area (Å²) >= 11 is 1.30. The fourth-order valence-electron chi connectivity index (χ4n) is 2.18. The highest BCUT2D eigenvalue weighted by molar-refractivity contribution is 8.10. The Balaban J connectivity index is 2.50. The number of pyridine rings is 1. The van der Waals surface area contributed by atoms with E-state index in [4.69, 9.17) is 0 Å². The van der Waals surface area contributed by atoms with Crippen molar-refractivity contribution in [1.82, 2.24) is 4.98 Å². The Morgan fingerprint density at radius 2 is 1.92 bits per heavy atom. The van der Waals surface area contributed by atoms with Crippen LogP contribution in [0.3, 0.4) is 0 Å². The van der Waals surface area contributed by atoms with Crippen LogP contribution in [0.5, 0.6) is 0 Å². The van der Waals surface area contributed by atoms with Crippen molar-refractivity contribution >= 4 is 35.0 Å². The number of allylic oxidation sites excluding steroid dienone is 1. The number of thioether (sulfide) groups is 1. The van der Waals surface area contributed by atoms with Crippen molar-refractivity contribution in [1.29, 1.82) is 0 Å². The minimum Gasteiger partial charge on any atom is -0.480 e. The van der Waals surface area contributed by atoms with Crippen LogP contribution in [0.15, 0.2) is 53.8 Å². The summed E-state index contributed by atoms with van der Waals surface area (Å²) in [6.07, 6.45) is 5.40. The molecule has 2 rings (SSSR count). The summed E-state index contributed by atoms with van der Waals surface area (Å²) in [6.45, 7) is 8.91. The van der Waals surface area contributed by atoms with E-state index in [0.29, 0.717) is 0 Å². The number of carbonyl (C=O) groups is 1. The van der Waals surface area contributed by atoms with Crippen molar-refractivity contribution < 1.29 is 9.90 Å². The number of hydrogen-bond donors (Lipinski definition) is 1. The van der Waals surface area contributed by atoms with Crippen molar-refractivity contribution in [2.75, 3.05) is 0 Å². The zero-order valence-electron chi connectivity index (χ0n) is 14.0. The van der Waals surface area contributed by atoms with Gasteiger partial charge in [0.1, 0.15) is 4.75 Å². The molecule has 0 unspecified atom stereocenters. The summed E-state index contributed by atoms with van der Waals surface area (Å²) < 4.78 is -0.938. The number of aromatic nitrogens is 1. The van der Waals surface area contributed by atoms with Crippen molar-refractivity contribution in [2.24, 2.45) is 4.99 Å². The molecule has 0 fully saturated rings. The van der Waals surface area contributed by atoms with Crippen molar-refractivity contribution in [3.05, 3.63) is 54.4 Å². The number of benzene rings is 1. The summed E-state index contributed by atoms with van der Waals surface area (Å²) in [5.41, 5.74) is 3.67. The van der Waals surface area contributed by atoms with E-state index in [1.54, 1.807) is 26.2 Å². The van der Waals surface area contributed by atoms with Crippen LogP contribution in [0.1, 0.15) is 26.3 Å². The Morgan fingerprint density at radius 1 is 1.25 bits per heavy atom. The highest BCUT2D eigenvalue weighted by Gasteiger charge is 2.30. The first-order chi connectivity index (χ1) is 11.4. The van der Waals surface area contributed by atoms with Crippen molar-refractivity contribution in [3.63, 3.8) is 0 Å². The van der Waals surface area contributed by atoms with Gasteiger partial charge in [-0.15, -0.1) is 11.8 Å². The number of nitrogens with zero attached hydrogens (tertiary/aromatic N) is 2. The molecule has 1 N–H and O–H groups in total. The maximum absolute atomic E-state index is 11.5. The lowest BCUT2D eigenvalue weighted by molar-refractivity contribution is -0.138. The maximum Gasteiger partial charge on any atom is 0.319 e. The normalized spacial score (nSPS) is 12.0. The van der Waals surface area contributed by atoms with Gasteiger partial charge in [-0.05, 0) is 62.9 Å². The van der Waals surface area contributed by atoms with E-state index in [-0.39, 0.29) is 0 Å². The standard InChI is InChI=1S/C19H20N2O2S/c1-5-17(24-19(2,3)18(22)23)15-12-14(6-7-16(15)20-4)13-8-10-21-11-9-13/h5-12H,4H2,1-3H3,(H,22,23)/b17-5+. The molecule has 4 nitrogen and oxygen atoms in total. The van der Waals surface area contributed by atoms with E-state index in [1.165, 1.54) is 11.8 Å². The number of hydrogen-bond acceptors (Lipinski definition) is 4. The summed E-state index contributed by atoms with van der Waals surface area (Å²) in [7, 11) is 0. The van der Waals surface area contributed by atoms with Crippen LogP contribution >= 0.6 is 11.8 Å². The second-order valence-electron chi connectivity index (χ2n) is 5.70. The molecule has 0 aliphatic carbocycles. The lowest BCUT2D eigenvalue weighted by Crippen LogP contribution is -2.27. The van der Waals surface area contributed by atoms with E-state index in [2.05, 4.69) is 16.7 Å². The first-order valence-electron chi connectivity index (χ1n) is 7.49. The fourth-order valence-corrected chi connectivity index (χ4v) is 3.21. The third kappa shape index (κ3) is 3.92. The molecular formula is C19H20N2O2S. The van der Waals surface area contributed by atoms with E-state index in [0.717, 1.165) is 27.3 Å². The monoisotopic (exact) mass is 340 g/mol. The SMILES string of the molecule is C=Nc1ccc(-c2ccncc2)cc1/C(=C\C)SC(C)(C)C(=O)O. The van der Waals surface area contributed by atoms with E-state index in [1.807, 2.05) is 43.3 Å². The lowest BCUT2D eigenvalue weighted by Gasteiger charge is -2.21. The van der Waals surface area contributed by atoms with Crippen LogP contribution in [0.25, 0.3) is 16.0 Å². The quantitative estimate of drug-likeness (QED) is 0.748. The van der Waals surface area contributed by atoms with Crippen LogP contribution in [0.4, 0.5) is 5.69 Å². The van der Waals surface area contributed by atoms with Crippen LogP contribution in [-0.2, 0) is 4.79 Å². The molecule has 0 radical (unpaired) electrons. The number of carboxylic acids is 1. The summed E-state index contributed by atoms with van der Waals surface area (Å²) in [4.78, 5) is 20.4. The van der Waals surface area contributed by atoms with Crippen molar-refractivity contribution in [3.8, 4) is 11.1 Å². The molecule has 0 saturated carbocycles. The first-order valence-corrected chi connectivity index (χ1v) is 8.31. The van der Waals surface area contributed by atoms with Gasteiger partial charge >= 0.3 is 5.97 Å². The van der Waals surface area contributed by atoms with Gasteiger partial charge in [-0.1, -0.05) is 12.1 Å². The number of carboxylic acid groups (broad SMARTS) is 1. The van der Waals surface area contributed by atoms with Gasteiger partial charge in [0.05, 0.1) is 5.69 Å². The summed E-state index contributed by atoms with van der Waals surface area (Å²) in [5, 5.41) is 9.40. The molecule has 0 bridgehead atoms. The van der Waals surface area contributed by atoms with Gasteiger partial charge in [0.15, 0.2) is 0 Å².